The van der Waals surface area contributed by atoms with Crippen LogP contribution in [0.4, 0.5) is 0 Å². The summed E-state index contributed by atoms with van der Waals surface area (Å²) >= 11 is 0. The lowest BCUT2D eigenvalue weighted by Crippen LogP contribution is -2.12. The maximum Gasteiger partial charge on any atom is 0.204 e. The van der Waals surface area contributed by atoms with E-state index in [1.54, 1.807) is 38.1 Å². The Morgan fingerprint density at radius 2 is 1.20 bits per heavy atom. The summed E-state index contributed by atoms with van der Waals surface area (Å²) in [6, 6.07) is 6.48. The first kappa shape index (κ1) is 36.7. The van der Waals surface area contributed by atoms with Crippen molar-refractivity contribution in [2.75, 3.05) is 0 Å². The lowest BCUT2D eigenvalue weighted by Gasteiger charge is -2.16. The zero-order valence-corrected chi connectivity index (χ0v) is 29.2. The van der Waals surface area contributed by atoms with E-state index in [-0.39, 0.29) is 62.1 Å². The highest BCUT2D eigenvalue weighted by molar-refractivity contribution is 5.96. The Morgan fingerprint density at radius 3 is 1.73 bits per heavy atom. The van der Waals surface area contributed by atoms with Crippen molar-refractivity contribution in [2.45, 2.75) is 93.4 Å². The number of hydrogen-bond acceptors (Lipinski definition) is 10. The Hall–Kier alpha value is -5.12. The number of aryl methyl sites for hydroxylation is 4. The molecule has 2 aromatic heterocycles. The molecule has 0 saturated heterocycles. The molecule has 0 fully saturated rings. The van der Waals surface area contributed by atoms with E-state index >= 15 is 0 Å². The van der Waals surface area contributed by atoms with Crippen molar-refractivity contribution in [1.82, 2.24) is 0 Å². The van der Waals surface area contributed by atoms with Gasteiger partial charge in [0, 0.05) is 17.5 Å². The van der Waals surface area contributed by atoms with Crippen LogP contribution >= 0.6 is 0 Å². The Balaban J connectivity index is 0.00000265. The predicted octanol–water partition coefficient (Wildman–Crippen LogP) is 8.69. The van der Waals surface area contributed by atoms with Gasteiger partial charge in [-0.25, -0.2) is 0 Å². The van der Waals surface area contributed by atoms with Gasteiger partial charge in [-0.3, -0.25) is 9.59 Å². The maximum absolute atomic E-state index is 14.1. The molecule has 0 amide bonds. The van der Waals surface area contributed by atoms with E-state index in [1.165, 1.54) is 0 Å². The predicted molar refractivity (Wildman–Crippen MR) is 191 cm³/mol. The molecule has 0 aliphatic rings. The van der Waals surface area contributed by atoms with E-state index in [2.05, 4.69) is 0 Å². The number of phenols is 6. The minimum Gasteiger partial charge on any atom is -0.504 e. The van der Waals surface area contributed by atoms with Gasteiger partial charge in [0.2, 0.25) is 22.4 Å². The second-order valence-corrected chi connectivity index (χ2v) is 12.1. The Labute approximate surface area is 284 Å². The molecule has 3 aromatic carbocycles. The van der Waals surface area contributed by atoms with Crippen molar-refractivity contribution in [3.05, 3.63) is 67.4 Å². The van der Waals surface area contributed by atoms with Gasteiger partial charge in [0.15, 0.2) is 23.0 Å². The van der Waals surface area contributed by atoms with Gasteiger partial charge < -0.3 is 39.5 Å². The van der Waals surface area contributed by atoms with Gasteiger partial charge in [-0.05, 0) is 55.7 Å². The summed E-state index contributed by atoms with van der Waals surface area (Å²) in [6.45, 7) is 13.4. The van der Waals surface area contributed by atoms with Crippen molar-refractivity contribution in [1.29, 1.82) is 0 Å². The molecule has 10 nitrogen and oxygen atoms in total. The first-order valence-corrected chi connectivity index (χ1v) is 17.0. The summed E-state index contributed by atoms with van der Waals surface area (Å²) < 4.78 is 12.3. The number of unbranched alkanes of at least 4 members (excludes halogenated alkanes) is 1. The number of phenolic OH excluding ortho intramolecular Hbond substituents is 6. The van der Waals surface area contributed by atoms with Gasteiger partial charge in [0.1, 0.15) is 33.5 Å². The van der Waals surface area contributed by atoms with E-state index in [0.717, 1.165) is 12.8 Å². The van der Waals surface area contributed by atoms with Crippen LogP contribution in [-0.2, 0) is 19.3 Å². The molecule has 49 heavy (non-hydrogen) atoms. The Kier molecular flexibility index (Phi) is 11.2. The van der Waals surface area contributed by atoms with Gasteiger partial charge in [0.05, 0.1) is 11.1 Å². The molecule has 5 rings (SSSR count). The van der Waals surface area contributed by atoms with E-state index in [9.17, 15) is 40.2 Å². The monoisotopic (exact) mass is 674 g/mol. The maximum atomic E-state index is 14.1. The lowest BCUT2D eigenvalue weighted by molar-refractivity contribution is 0.365. The molecule has 5 aromatic rings. The fourth-order valence-corrected chi connectivity index (χ4v) is 6.16. The number of fused-ring (bicyclic) bond motifs is 2. The van der Waals surface area contributed by atoms with Gasteiger partial charge in [-0.1, -0.05) is 72.6 Å². The highest BCUT2D eigenvalue weighted by atomic mass is 16.4. The summed E-state index contributed by atoms with van der Waals surface area (Å²) in [5, 5.41) is 63.5. The summed E-state index contributed by atoms with van der Waals surface area (Å²) in [6.07, 6.45) is 3.85. The second-order valence-electron chi connectivity index (χ2n) is 12.1. The summed E-state index contributed by atoms with van der Waals surface area (Å²) in [7, 11) is 0. The highest BCUT2D eigenvalue weighted by Crippen LogP contribution is 2.47. The minimum absolute atomic E-state index is 0.00157. The number of benzene rings is 3. The zero-order valence-electron chi connectivity index (χ0n) is 29.2. The average Bonchev–Trinajstić information content (AvgIpc) is 3.09. The molecule has 0 spiro atoms. The van der Waals surface area contributed by atoms with Crippen LogP contribution < -0.4 is 10.9 Å². The molecule has 0 bridgehead atoms. The fraction of sp³-hybridized carbons (Fsp3) is 0.385. The van der Waals surface area contributed by atoms with E-state index in [1.807, 2.05) is 34.6 Å². The molecule has 0 aliphatic carbocycles. The average molecular weight is 675 g/mol. The van der Waals surface area contributed by atoms with Crippen molar-refractivity contribution >= 4 is 21.9 Å². The third kappa shape index (κ3) is 6.39. The minimum atomic E-state index is -0.804. The van der Waals surface area contributed by atoms with Gasteiger partial charge in [-0.15, -0.1) is 0 Å². The Morgan fingerprint density at radius 1 is 0.694 bits per heavy atom. The van der Waals surface area contributed by atoms with Crippen LogP contribution in [0.3, 0.4) is 0 Å². The van der Waals surface area contributed by atoms with Crippen LogP contribution in [0.15, 0.2) is 42.7 Å². The number of hydrogen-bond donors (Lipinski definition) is 6. The van der Waals surface area contributed by atoms with Crippen LogP contribution in [0.25, 0.3) is 44.2 Å². The number of aromatic hydroxyl groups is 6. The van der Waals surface area contributed by atoms with Gasteiger partial charge in [0.25, 0.3) is 0 Å². The zero-order chi connectivity index (χ0) is 36.3. The van der Waals surface area contributed by atoms with Gasteiger partial charge in [-0.2, -0.15) is 0 Å². The van der Waals surface area contributed by atoms with Crippen molar-refractivity contribution < 1.29 is 39.5 Å². The smallest absolute Gasteiger partial charge is 0.204 e. The largest absolute Gasteiger partial charge is 0.504 e. The van der Waals surface area contributed by atoms with Crippen LogP contribution in [0.5, 0.6) is 34.5 Å². The lowest BCUT2D eigenvalue weighted by atomic mass is 9.93. The molecule has 1 unspecified atom stereocenters. The van der Waals surface area contributed by atoms with E-state index in [0.29, 0.717) is 42.7 Å². The summed E-state index contributed by atoms with van der Waals surface area (Å²) in [5.41, 5.74) is 0.0414. The van der Waals surface area contributed by atoms with Crippen molar-refractivity contribution in [3.8, 4) is 56.8 Å². The standard InChI is InChI=1S/C37H40O10.C2H6/c1-6-9-13-21-28(38)34(44)33(43)27-31(41)25(23(8-3)47-37(21)27)20-12-10-11-19(16-20)24-18(5)46-36-22(15-14-17(4)7-2)29(39)35(45)32(42)26(36)30(24)40;1-2/h10-12,16-17,38-39,42-45H,6-9,13-15H2,1-5H3;1-2H3. The quantitative estimate of drug-likeness (QED) is 0.0784. The molecular weight excluding hydrogens is 628 g/mol. The van der Waals surface area contributed by atoms with Gasteiger partial charge >= 0.3 is 0 Å². The molecule has 0 radical (unpaired) electrons. The normalized spacial score (nSPS) is 11.9. The topological polar surface area (TPSA) is 182 Å². The number of rotatable bonds is 10. The van der Waals surface area contributed by atoms with Crippen LogP contribution in [0, 0.1) is 12.8 Å². The van der Waals surface area contributed by atoms with Crippen molar-refractivity contribution in [2.24, 2.45) is 5.92 Å². The molecule has 0 aliphatic heterocycles. The van der Waals surface area contributed by atoms with Crippen LogP contribution in [-0.4, -0.2) is 30.6 Å². The highest BCUT2D eigenvalue weighted by Gasteiger charge is 2.28. The molecule has 0 saturated carbocycles. The summed E-state index contributed by atoms with van der Waals surface area (Å²) in [4.78, 5) is 28.1. The third-order valence-corrected chi connectivity index (χ3v) is 9.09. The second kappa shape index (κ2) is 15.0. The third-order valence-electron chi connectivity index (χ3n) is 9.09. The molecule has 2 heterocycles. The van der Waals surface area contributed by atoms with E-state index < -0.39 is 45.4 Å². The van der Waals surface area contributed by atoms with Crippen LogP contribution in [0.2, 0.25) is 0 Å². The molecule has 1 atom stereocenters. The summed E-state index contributed by atoms with van der Waals surface area (Å²) in [5.74, 6) is -3.50. The first-order chi connectivity index (χ1) is 23.4. The molecular formula is C39H46O10. The molecule has 6 N–H and O–H groups in total. The molecule has 10 heteroatoms. The van der Waals surface area contributed by atoms with E-state index in [4.69, 9.17) is 8.83 Å². The van der Waals surface area contributed by atoms with Crippen molar-refractivity contribution in [3.63, 3.8) is 0 Å². The SMILES string of the molecule is CC.CCCCc1c(O)c(O)c(O)c2c(=O)c(-c3cccc(-c4c(C)oc5c(CCC(C)CC)c(O)c(O)c(O)c5c4=O)c3)c(CC)oc12. The Bertz CT molecular complexity index is 2140. The van der Waals surface area contributed by atoms with Crippen LogP contribution in [0.1, 0.15) is 89.9 Å². The first-order valence-electron chi connectivity index (χ1n) is 17.0. The fourth-order valence-electron chi connectivity index (χ4n) is 6.16. The molecule has 262 valence electrons.